The molecule has 1 unspecified atom stereocenters. The van der Waals surface area contributed by atoms with E-state index in [9.17, 15) is 0 Å². The summed E-state index contributed by atoms with van der Waals surface area (Å²) >= 11 is 0. The minimum Gasteiger partial charge on any atom is -0.481 e. The van der Waals surface area contributed by atoms with Crippen molar-refractivity contribution in [3.8, 4) is 5.88 Å². The van der Waals surface area contributed by atoms with Gasteiger partial charge in [-0.2, -0.15) is 4.98 Å². The van der Waals surface area contributed by atoms with Crippen LogP contribution < -0.4 is 15.0 Å². The number of ether oxygens (including phenoxy) is 1. The van der Waals surface area contributed by atoms with Gasteiger partial charge in [-0.15, -0.1) is 0 Å². The molecule has 0 saturated carbocycles. The van der Waals surface area contributed by atoms with Crippen LogP contribution in [0.5, 0.6) is 5.88 Å². The highest BCUT2D eigenvalue weighted by atomic mass is 16.5. The number of rotatable bonds is 5. The van der Waals surface area contributed by atoms with Crippen LogP contribution in [0.2, 0.25) is 0 Å². The number of aromatic nitrogens is 1. The highest BCUT2D eigenvalue weighted by Gasteiger charge is 2.20. The molecule has 1 aliphatic rings. The molecule has 0 bridgehead atoms. The second-order valence-corrected chi connectivity index (χ2v) is 5.43. The highest BCUT2D eigenvalue weighted by molar-refractivity contribution is 5.41. The molecule has 1 fully saturated rings. The van der Waals surface area contributed by atoms with Gasteiger partial charge >= 0.3 is 0 Å². The van der Waals surface area contributed by atoms with Gasteiger partial charge in [0.05, 0.1) is 7.11 Å². The van der Waals surface area contributed by atoms with Gasteiger partial charge in [0, 0.05) is 24.7 Å². The molecule has 2 heterocycles. The van der Waals surface area contributed by atoms with E-state index in [2.05, 4.69) is 35.1 Å². The molecule has 1 aliphatic heterocycles. The zero-order chi connectivity index (χ0) is 13.7. The van der Waals surface area contributed by atoms with Crippen LogP contribution in [0.4, 0.5) is 5.82 Å². The first-order valence-corrected chi connectivity index (χ1v) is 7.22. The first kappa shape index (κ1) is 14.1. The fourth-order valence-electron chi connectivity index (χ4n) is 2.56. The Balaban J connectivity index is 2.09. The van der Waals surface area contributed by atoms with Crippen molar-refractivity contribution in [3.63, 3.8) is 0 Å². The number of nitrogens with zero attached hydrogens (tertiary/aromatic N) is 2. The molecule has 1 atom stereocenters. The average Bonchev–Trinajstić information content (AvgIpc) is 2.45. The first-order chi connectivity index (χ1) is 9.20. The molecule has 0 aromatic carbocycles. The Labute approximate surface area is 116 Å². The van der Waals surface area contributed by atoms with Crippen LogP contribution in [-0.4, -0.2) is 37.3 Å². The summed E-state index contributed by atoms with van der Waals surface area (Å²) < 4.78 is 5.22. The van der Waals surface area contributed by atoms with Crippen LogP contribution in [0.1, 0.15) is 33.1 Å². The Kier molecular flexibility index (Phi) is 5.02. The van der Waals surface area contributed by atoms with E-state index in [-0.39, 0.29) is 0 Å². The second kappa shape index (κ2) is 6.75. The molecule has 1 aromatic heterocycles. The lowest BCUT2D eigenvalue weighted by molar-refractivity contribution is 0.387. The average molecular weight is 263 g/mol. The molecular formula is C15H25N3O. The number of pyridine rings is 1. The van der Waals surface area contributed by atoms with Gasteiger partial charge in [-0.3, -0.25) is 0 Å². The summed E-state index contributed by atoms with van der Waals surface area (Å²) in [5.41, 5.74) is 0. The third-order valence-corrected chi connectivity index (χ3v) is 3.67. The standard InChI is InChI=1S/C15H25N3O/c1-12(2)18(11-13-7-4-5-10-16-13)14-8-6-9-15(17-14)19-3/h6,8-9,12-13,16H,4-5,7,10-11H2,1-3H3. The molecule has 0 aliphatic carbocycles. The summed E-state index contributed by atoms with van der Waals surface area (Å²) in [7, 11) is 1.66. The number of piperidine rings is 1. The fourth-order valence-corrected chi connectivity index (χ4v) is 2.56. The van der Waals surface area contributed by atoms with Crippen molar-refractivity contribution in [2.24, 2.45) is 0 Å². The van der Waals surface area contributed by atoms with Gasteiger partial charge in [0.25, 0.3) is 0 Å². The maximum Gasteiger partial charge on any atom is 0.214 e. The molecule has 0 spiro atoms. The van der Waals surface area contributed by atoms with Crippen molar-refractivity contribution >= 4 is 5.82 Å². The van der Waals surface area contributed by atoms with Crippen LogP contribution in [-0.2, 0) is 0 Å². The molecule has 106 valence electrons. The Morgan fingerprint density at radius 2 is 2.26 bits per heavy atom. The van der Waals surface area contributed by atoms with Crippen LogP contribution in [0, 0.1) is 0 Å². The third-order valence-electron chi connectivity index (χ3n) is 3.67. The highest BCUT2D eigenvalue weighted by Crippen LogP contribution is 2.20. The van der Waals surface area contributed by atoms with Crippen molar-refractivity contribution < 1.29 is 4.74 Å². The number of nitrogens with one attached hydrogen (secondary N) is 1. The summed E-state index contributed by atoms with van der Waals surface area (Å²) in [6.45, 7) is 6.58. The van der Waals surface area contributed by atoms with E-state index in [1.165, 1.54) is 19.3 Å². The SMILES string of the molecule is COc1cccc(N(CC2CCCCN2)C(C)C)n1. The van der Waals surface area contributed by atoms with Crippen LogP contribution >= 0.6 is 0 Å². The maximum absolute atomic E-state index is 5.22. The van der Waals surface area contributed by atoms with E-state index in [4.69, 9.17) is 4.74 Å². The molecule has 0 radical (unpaired) electrons. The quantitative estimate of drug-likeness (QED) is 0.885. The van der Waals surface area contributed by atoms with Gasteiger partial charge in [0.1, 0.15) is 5.82 Å². The van der Waals surface area contributed by atoms with E-state index in [0.29, 0.717) is 18.0 Å². The number of hydrogen-bond acceptors (Lipinski definition) is 4. The van der Waals surface area contributed by atoms with E-state index < -0.39 is 0 Å². The van der Waals surface area contributed by atoms with Crippen molar-refractivity contribution in [1.29, 1.82) is 0 Å². The molecule has 2 rings (SSSR count). The van der Waals surface area contributed by atoms with Crippen LogP contribution in [0.15, 0.2) is 18.2 Å². The lowest BCUT2D eigenvalue weighted by Crippen LogP contribution is -2.46. The lowest BCUT2D eigenvalue weighted by atomic mass is 10.0. The lowest BCUT2D eigenvalue weighted by Gasteiger charge is -2.34. The fraction of sp³-hybridized carbons (Fsp3) is 0.667. The molecular weight excluding hydrogens is 238 g/mol. The zero-order valence-electron chi connectivity index (χ0n) is 12.2. The molecule has 0 amide bonds. The van der Waals surface area contributed by atoms with Gasteiger partial charge < -0.3 is 15.0 Å². The summed E-state index contributed by atoms with van der Waals surface area (Å²) in [6, 6.07) is 6.96. The Bertz CT molecular complexity index is 389. The van der Waals surface area contributed by atoms with Crippen molar-refractivity contribution in [2.75, 3.05) is 25.1 Å². The molecule has 4 nitrogen and oxygen atoms in total. The Hall–Kier alpha value is -1.29. The molecule has 1 aromatic rings. The summed E-state index contributed by atoms with van der Waals surface area (Å²) in [6.07, 6.45) is 3.89. The Morgan fingerprint density at radius 1 is 1.42 bits per heavy atom. The van der Waals surface area contributed by atoms with E-state index in [0.717, 1.165) is 18.9 Å². The van der Waals surface area contributed by atoms with Crippen LogP contribution in [0.25, 0.3) is 0 Å². The molecule has 4 heteroatoms. The van der Waals surface area contributed by atoms with Gasteiger partial charge in [0.15, 0.2) is 0 Å². The molecule has 19 heavy (non-hydrogen) atoms. The van der Waals surface area contributed by atoms with Crippen molar-refractivity contribution in [2.45, 2.75) is 45.2 Å². The monoisotopic (exact) mass is 263 g/mol. The zero-order valence-corrected chi connectivity index (χ0v) is 12.2. The minimum absolute atomic E-state index is 0.434. The van der Waals surface area contributed by atoms with Gasteiger partial charge in [0.2, 0.25) is 5.88 Å². The smallest absolute Gasteiger partial charge is 0.214 e. The second-order valence-electron chi connectivity index (χ2n) is 5.43. The predicted octanol–water partition coefficient (Wildman–Crippen LogP) is 2.45. The first-order valence-electron chi connectivity index (χ1n) is 7.22. The maximum atomic E-state index is 5.22. The molecule has 1 saturated heterocycles. The summed E-state index contributed by atoms with van der Waals surface area (Å²) in [5, 5.41) is 3.60. The largest absolute Gasteiger partial charge is 0.481 e. The van der Waals surface area contributed by atoms with Gasteiger partial charge in [-0.05, 0) is 39.3 Å². The predicted molar refractivity (Wildman–Crippen MR) is 78.9 cm³/mol. The normalized spacial score (nSPS) is 19.5. The van der Waals surface area contributed by atoms with E-state index in [1.807, 2.05) is 12.1 Å². The van der Waals surface area contributed by atoms with Crippen LogP contribution in [0.3, 0.4) is 0 Å². The van der Waals surface area contributed by atoms with Crippen molar-refractivity contribution in [3.05, 3.63) is 18.2 Å². The summed E-state index contributed by atoms with van der Waals surface area (Å²) in [5.74, 6) is 1.68. The number of hydrogen-bond donors (Lipinski definition) is 1. The Morgan fingerprint density at radius 3 is 2.89 bits per heavy atom. The van der Waals surface area contributed by atoms with E-state index >= 15 is 0 Å². The van der Waals surface area contributed by atoms with E-state index in [1.54, 1.807) is 7.11 Å². The topological polar surface area (TPSA) is 37.4 Å². The van der Waals surface area contributed by atoms with Gasteiger partial charge in [-0.25, -0.2) is 0 Å². The van der Waals surface area contributed by atoms with Gasteiger partial charge in [-0.1, -0.05) is 12.5 Å². The van der Waals surface area contributed by atoms with Crippen molar-refractivity contribution in [1.82, 2.24) is 10.3 Å². The summed E-state index contributed by atoms with van der Waals surface area (Å²) in [4.78, 5) is 6.91. The number of methoxy groups -OCH3 is 1. The number of anilines is 1. The molecule has 1 N–H and O–H groups in total. The minimum atomic E-state index is 0.434. The third kappa shape index (κ3) is 3.83.